The van der Waals surface area contributed by atoms with Crippen LogP contribution in [-0.4, -0.2) is 63.8 Å². The molecule has 156 valence electrons. The third kappa shape index (κ3) is 4.77. The number of piperazine rings is 1. The Labute approximate surface area is 172 Å². The minimum Gasteiger partial charge on any atom is -0.456 e. The smallest absolute Gasteiger partial charge is 0.253 e. The Balaban J connectivity index is 2.08. The fraction of sp³-hybridized carbons (Fsp3) is 0.381. The lowest BCUT2D eigenvalue weighted by atomic mass is 10.1. The van der Waals surface area contributed by atoms with Crippen LogP contribution in [0, 0.1) is 13.8 Å². The first kappa shape index (κ1) is 21.3. The number of carbonyl (C=O) groups is 1. The van der Waals surface area contributed by atoms with E-state index in [9.17, 15) is 13.2 Å². The van der Waals surface area contributed by atoms with Crippen LogP contribution in [0.5, 0.6) is 11.5 Å². The minimum atomic E-state index is -3.82. The second-order valence-electron chi connectivity index (χ2n) is 7.44. The molecule has 8 heteroatoms. The molecular formula is C21H27N3O4S. The van der Waals surface area contributed by atoms with E-state index in [1.807, 2.05) is 32.0 Å². The average molecular weight is 418 g/mol. The number of carbonyl (C=O) groups excluding carboxylic acids is 1. The number of nitrogens with zero attached hydrogens (tertiary/aromatic N) is 2. The van der Waals surface area contributed by atoms with Crippen LogP contribution < -0.4 is 10.1 Å². The van der Waals surface area contributed by atoms with Crippen LogP contribution in [0.25, 0.3) is 0 Å². The van der Waals surface area contributed by atoms with Crippen molar-refractivity contribution in [1.82, 2.24) is 14.5 Å². The Bertz CT molecular complexity index is 992. The third-order valence-corrected chi connectivity index (χ3v) is 6.63. The molecule has 1 aliphatic rings. The molecule has 7 nitrogen and oxygen atoms in total. The molecule has 0 atom stereocenters. The zero-order valence-corrected chi connectivity index (χ0v) is 18.0. The molecule has 2 aromatic rings. The van der Waals surface area contributed by atoms with Crippen molar-refractivity contribution in [3.8, 4) is 11.5 Å². The Morgan fingerprint density at radius 2 is 1.66 bits per heavy atom. The molecule has 0 spiro atoms. The molecule has 1 amide bonds. The van der Waals surface area contributed by atoms with Crippen molar-refractivity contribution in [3.63, 3.8) is 0 Å². The number of hydrogen-bond acceptors (Lipinski definition) is 5. The van der Waals surface area contributed by atoms with E-state index in [2.05, 4.69) is 5.32 Å². The largest absolute Gasteiger partial charge is 0.456 e. The van der Waals surface area contributed by atoms with E-state index in [4.69, 9.17) is 4.74 Å². The highest BCUT2D eigenvalue weighted by Gasteiger charge is 2.30. The van der Waals surface area contributed by atoms with E-state index >= 15 is 0 Å². The molecule has 2 aromatic carbocycles. The molecule has 0 aliphatic carbocycles. The molecule has 1 heterocycles. The normalized spacial score (nSPS) is 15.2. The zero-order valence-electron chi connectivity index (χ0n) is 17.2. The number of ether oxygens (including phenoxy) is 1. The monoisotopic (exact) mass is 417 g/mol. The maximum Gasteiger partial charge on any atom is 0.253 e. The van der Waals surface area contributed by atoms with Gasteiger partial charge >= 0.3 is 0 Å². The lowest BCUT2D eigenvalue weighted by Crippen LogP contribution is -2.46. The molecule has 3 rings (SSSR count). The molecule has 0 saturated carbocycles. The predicted octanol–water partition coefficient (Wildman–Crippen LogP) is 2.39. The van der Waals surface area contributed by atoms with E-state index in [0.717, 1.165) is 11.1 Å². The first-order valence-electron chi connectivity index (χ1n) is 9.51. The summed E-state index contributed by atoms with van der Waals surface area (Å²) in [7, 11) is -0.554. The lowest BCUT2D eigenvalue weighted by Gasteiger charge is -2.27. The molecule has 29 heavy (non-hydrogen) atoms. The van der Waals surface area contributed by atoms with Crippen molar-refractivity contribution in [1.29, 1.82) is 0 Å². The summed E-state index contributed by atoms with van der Waals surface area (Å²) in [4.78, 5) is 13.8. The van der Waals surface area contributed by atoms with Gasteiger partial charge in [-0.25, -0.2) is 8.42 Å². The molecular weight excluding hydrogens is 390 g/mol. The average Bonchev–Trinajstić information content (AvgIpc) is 2.67. The van der Waals surface area contributed by atoms with E-state index in [1.54, 1.807) is 26.2 Å². The van der Waals surface area contributed by atoms with Gasteiger partial charge in [-0.1, -0.05) is 6.07 Å². The number of amides is 1. The standard InChI is InChI=1S/C21H27N3O4S/c1-15-11-16(2)13-18(12-15)28-19-6-5-17(21(25)23(3)4)14-20(19)29(26,27)24-9-7-22-8-10-24/h5-6,11-14,22H,7-10H2,1-4H3. The van der Waals surface area contributed by atoms with Gasteiger partial charge in [0.15, 0.2) is 0 Å². The van der Waals surface area contributed by atoms with Crippen LogP contribution in [0.4, 0.5) is 0 Å². The SMILES string of the molecule is Cc1cc(C)cc(Oc2ccc(C(=O)N(C)C)cc2S(=O)(=O)N2CCNCC2)c1. The van der Waals surface area contributed by atoms with Crippen LogP contribution in [0.2, 0.25) is 0 Å². The highest BCUT2D eigenvalue weighted by Crippen LogP contribution is 2.33. The second kappa shape index (κ2) is 8.52. The lowest BCUT2D eigenvalue weighted by molar-refractivity contribution is 0.0827. The van der Waals surface area contributed by atoms with Gasteiger partial charge in [0, 0.05) is 45.8 Å². The van der Waals surface area contributed by atoms with Crippen molar-refractivity contribution < 1.29 is 17.9 Å². The van der Waals surface area contributed by atoms with Crippen molar-refractivity contribution in [3.05, 3.63) is 53.1 Å². The van der Waals surface area contributed by atoms with Gasteiger partial charge in [0.2, 0.25) is 10.0 Å². The van der Waals surface area contributed by atoms with Gasteiger partial charge in [-0.2, -0.15) is 4.31 Å². The summed E-state index contributed by atoms with van der Waals surface area (Å²) < 4.78 is 34.2. The molecule has 0 unspecified atom stereocenters. The first-order chi connectivity index (χ1) is 13.7. The van der Waals surface area contributed by atoms with Crippen molar-refractivity contribution in [2.24, 2.45) is 0 Å². The summed E-state index contributed by atoms with van der Waals surface area (Å²) in [6.07, 6.45) is 0. The van der Waals surface area contributed by atoms with Gasteiger partial charge in [0.1, 0.15) is 16.4 Å². The van der Waals surface area contributed by atoms with Gasteiger partial charge in [0.25, 0.3) is 5.91 Å². The predicted molar refractivity (Wildman–Crippen MR) is 112 cm³/mol. The van der Waals surface area contributed by atoms with E-state index in [0.29, 0.717) is 37.5 Å². The Hall–Kier alpha value is -2.42. The molecule has 0 aromatic heterocycles. The molecule has 1 fully saturated rings. The second-order valence-corrected chi connectivity index (χ2v) is 9.35. The Kier molecular flexibility index (Phi) is 6.26. The quantitative estimate of drug-likeness (QED) is 0.808. The zero-order chi connectivity index (χ0) is 21.2. The molecule has 1 saturated heterocycles. The minimum absolute atomic E-state index is 0.00580. The van der Waals surface area contributed by atoms with Crippen LogP contribution >= 0.6 is 0 Å². The molecule has 0 bridgehead atoms. The number of aryl methyl sites for hydroxylation is 2. The fourth-order valence-corrected chi connectivity index (χ4v) is 4.91. The van der Waals surface area contributed by atoms with Crippen molar-refractivity contribution in [2.45, 2.75) is 18.7 Å². The molecule has 1 N–H and O–H groups in total. The number of sulfonamides is 1. The first-order valence-corrected chi connectivity index (χ1v) is 11.0. The van der Waals surface area contributed by atoms with Gasteiger partial charge in [0.05, 0.1) is 0 Å². The fourth-order valence-electron chi connectivity index (χ4n) is 3.33. The number of benzene rings is 2. The van der Waals surface area contributed by atoms with Crippen LogP contribution in [-0.2, 0) is 10.0 Å². The van der Waals surface area contributed by atoms with Crippen molar-refractivity contribution in [2.75, 3.05) is 40.3 Å². The maximum atomic E-state index is 13.4. The van der Waals surface area contributed by atoms with Gasteiger partial charge in [-0.05, 0) is 55.3 Å². The maximum absolute atomic E-state index is 13.4. The topological polar surface area (TPSA) is 79.0 Å². The van der Waals surface area contributed by atoms with Crippen molar-refractivity contribution >= 4 is 15.9 Å². The number of nitrogens with one attached hydrogen (secondary N) is 1. The summed E-state index contributed by atoms with van der Waals surface area (Å²) in [6.45, 7) is 5.83. The van der Waals surface area contributed by atoms with Crippen LogP contribution in [0.1, 0.15) is 21.5 Å². The summed E-state index contributed by atoms with van der Waals surface area (Å²) >= 11 is 0. The van der Waals surface area contributed by atoms with E-state index in [-0.39, 0.29) is 16.6 Å². The van der Waals surface area contributed by atoms with Gasteiger partial charge in [-0.15, -0.1) is 0 Å². The summed E-state index contributed by atoms with van der Waals surface area (Å²) in [5.74, 6) is 0.509. The summed E-state index contributed by atoms with van der Waals surface area (Å²) in [5.41, 5.74) is 2.34. The Morgan fingerprint density at radius 1 is 1.03 bits per heavy atom. The molecule has 0 radical (unpaired) electrons. The Morgan fingerprint density at radius 3 is 2.24 bits per heavy atom. The summed E-state index contributed by atoms with van der Waals surface area (Å²) in [5, 5.41) is 3.15. The third-order valence-electron chi connectivity index (χ3n) is 4.71. The number of hydrogen-bond donors (Lipinski definition) is 1. The molecule has 1 aliphatic heterocycles. The van der Waals surface area contributed by atoms with Crippen LogP contribution in [0.3, 0.4) is 0 Å². The highest BCUT2D eigenvalue weighted by atomic mass is 32.2. The van der Waals surface area contributed by atoms with E-state index < -0.39 is 10.0 Å². The van der Waals surface area contributed by atoms with E-state index in [1.165, 1.54) is 15.3 Å². The summed E-state index contributed by atoms with van der Waals surface area (Å²) in [6, 6.07) is 10.3. The van der Waals surface area contributed by atoms with Gasteiger partial charge < -0.3 is 15.0 Å². The van der Waals surface area contributed by atoms with Crippen LogP contribution in [0.15, 0.2) is 41.3 Å². The highest BCUT2D eigenvalue weighted by molar-refractivity contribution is 7.89. The number of rotatable bonds is 5. The van der Waals surface area contributed by atoms with Gasteiger partial charge in [-0.3, -0.25) is 4.79 Å².